The summed E-state index contributed by atoms with van der Waals surface area (Å²) in [5, 5.41) is 3.96. The molecule has 0 aliphatic rings. The van der Waals surface area contributed by atoms with Crippen molar-refractivity contribution in [2.45, 2.75) is 0 Å². The summed E-state index contributed by atoms with van der Waals surface area (Å²) in [6.45, 7) is 0.777. The fourth-order valence-electron chi connectivity index (χ4n) is 1.68. The minimum Gasteiger partial charge on any atom is -0.492 e. The molecule has 0 radical (unpaired) electrons. The third-order valence-electron chi connectivity index (χ3n) is 2.81. The molecule has 5 nitrogen and oxygen atoms in total. The Hall–Kier alpha value is -2.37. The van der Waals surface area contributed by atoms with Crippen LogP contribution in [0.4, 0.5) is 4.39 Å². The van der Waals surface area contributed by atoms with Crippen molar-refractivity contribution < 1.29 is 13.9 Å². The molecule has 0 atom stereocenters. The van der Waals surface area contributed by atoms with E-state index in [1.165, 1.54) is 18.3 Å². The lowest BCUT2D eigenvalue weighted by Crippen LogP contribution is -2.30. The molecule has 0 N–H and O–H groups in total. The van der Waals surface area contributed by atoms with E-state index in [4.69, 9.17) is 4.74 Å². The number of hydrogen-bond donors (Lipinski definition) is 0. The summed E-state index contributed by atoms with van der Waals surface area (Å²) >= 11 is 0. The Kier molecular flexibility index (Phi) is 4.34. The molecule has 106 valence electrons. The van der Waals surface area contributed by atoms with Crippen LogP contribution in [-0.4, -0.2) is 40.8 Å². The average Bonchev–Trinajstić information content (AvgIpc) is 2.86. The number of carbonyl (C=O) groups is 1. The molecule has 20 heavy (non-hydrogen) atoms. The van der Waals surface area contributed by atoms with Gasteiger partial charge in [-0.2, -0.15) is 5.10 Å². The number of rotatable bonds is 5. The van der Waals surface area contributed by atoms with Crippen molar-refractivity contribution in [3.63, 3.8) is 0 Å². The molecular weight excluding hydrogens is 261 g/mol. The van der Waals surface area contributed by atoms with Gasteiger partial charge in [-0.3, -0.25) is 9.48 Å². The second-order valence-electron chi connectivity index (χ2n) is 4.43. The number of aromatic nitrogens is 2. The van der Waals surface area contributed by atoms with Crippen LogP contribution in [0.2, 0.25) is 0 Å². The molecule has 0 saturated heterocycles. The van der Waals surface area contributed by atoms with E-state index in [9.17, 15) is 9.18 Å². The van der Waals surface area contributed by atoms with Gasteiger partial charge in [-0.1, -0.05) is 0 Å². The highest BCUT2D eigenvalue weighted by atomic mass is 19.1. The SMILES string of the molecule is CN(CCOc1ccc(F)cc1)C(=O)c1cnn(C)c1. The number of amides is 1. The van der Waals surface area contributed by atoms with E-state index in [0.717, 1.165) is 0 Å². The fourth-order valence-corrected chi connectivity index (χ4v) is 1.68. The highest BCUT2D eigenvalue weighted by Gasteiger charge is 2.13. The Morgan fingerprint density at radius 2 is 2.10 bits per heavy atom. The summed E-state index contributed by atoms with van der Waals surface area (Å²) in [4.78, 5) is 13.6. The van der Waals surface area contributed by atoms with Crippen molar-refractivity contribution in [1.82, 2.24) is 14.7 Å². The van der Waals surface area contributed by atoms with E-state index in [1.54, 1.807) is 42.0 Å². The molecule has 2 aromatic rings. The maximum absolute atomic E-state index is 12.7. The maximum Gasteiger partial charge on any atom is 0.256 e. The Bertz CT molecular complexity index is 580. The summed E-state index contributed by atoms with van der Waals surface area (Å²) < 4.78 is 19.7. The molecule has 0 bridgehead atoms. The Balaban J connectivity index is 1.81. The molecule has 0 unspecified atom stereocenters. The van der Waals surface area contributed by atoms with Gasteiger partial charge in [0.05, 0.1) is 18.3 Å². The number of benzene rings is 1. The van der Waals surface area contributed by atoms with Crippen molar-refractivity contribution >= 4 is 5.91 Å². The van der Waals surface area contributed by atoms with Crippen LogP contribution in [0.5, 0.6) is 5.75 Å². The van der Waals surface area contributed by atoms with Crippen molar-refractivity contribution in [2.75, 3.05) is 20.2 Å². The van der Waals surface area contributed by atoms with Gasteiger partial charge in [-0.25, -0.2) is 4.39 Å². The lowest BCUT2D eigenvalue weighted by Gasteiger charge is -2.16. The molecule has 0 aliphatic heterocycles. The molecule has 1 aromatic carbocycles. The Labute approximate surface area is 116 Å². The molecular formula is C14H16FN3O2. The van der Waals surface area contributed by atoms with Crippen molar-refractivity contribution in [3.8, 4) is 5.75 Å². The van der Waals surface area contributed by atoms with Crippen LogP contribution in [0.15, 0.2) is 36.7 Å². The lowest BCUT2D eigenvalue weighted by molar-refractivity contribution is 0.0773. The number of likely N-dealkylation sites (N-methyl/N-ethyl adjacent to an activating group) is 1. The molecule has 1 aromatic heterocycles. The zero-order chi connectivity index (χ0) is 14.5. The van der Waals surface area contributed by atoms with Crippen LogP contribution < -0.4 is 4.74 Å². The third-order valence-corrected chi connectivity index (χ3v) is 2.81. The molecule has 0 fully saturated rings. The number of halogens is 1. The molecule has 0 aliphatic carbocycles. The summed E-state index contributed by atoms with van der Waals surface area (Å²) in [7, 11) is 3.46. The average molecular weight is 277 g/mol. The maximum atomic E-state index is 12.7. The zero-order valence-corrected chi connectivity index (χ0v) is 11.4. The number of hydrogen-bond acceptors (Lipinski definition) is 3. The topological polar surface area (TPSA) is 47.4 Å². The minimum atomic E-state index is -0.304. The van der Waals surface area contributed by atoms with E-state index in [1.807, 2.05) is 0 Å². The van der Waals surface area contributed by atoms with Gasteiger partial charge in [0.25, 0.3) is 5.91 Å². The third kappa shape index (κ3) is 3.57. The van der Waals surface area contributed by atoms with Crippen molar-refractivity contribution in [2.24, 2.45) is 7.05 Å². The first-order valence-corrected chi connectivity index (χ1v) is 6.19. The summed E-state index contributed by atoms with van der Waals surface area (Å²) in [6.07, 6.45) is 3.19. The number of carbonyl (C=O) groups excluding carboxylic acids is 1. The van der Waals surface area contributed by atoms with Gasteiger partial charge in [-0.15, -0.1) is 0 Å². The van der Waals surface area contributed by atoms with Crippen LogP contribution in [0.3, 0.4) is 0 Å². The van der Waals surface area contributed by atoms with Gasteiger partial charge in [0.2, 0.25) is 0 Å². The number of ether oxygens (including phenoxy) is 1. The smallest absolute Gasteiger partial charge is 0.256 e. The molecule has 1 amide bonds. The molecule has 6 heteroatoms. The van der Waals surface area contributed by atoms with Gasteiger partial charge in [0.15, 0.2) is 0 Å². The standard InChI is InChI=1S/C14H16FN3O2/c1-17(14(19)11-9-16-18(2)10-11)7-8-20-13-5-3-12(15)4-6-13/h3-6,9-10H,7-8H2,1-2H3. The Morgan fingerprint density at radius 3 is 2.70 bits per heavy atom. The van der Waals surface area contributed by atoms with Gasteiger partial charge in [-0.05, 0) is 24.3 Å². The summed E-state index contributed by atoms with van der Waals surface area (Å²) in [6, 6.07) is 5.77. The van der Waals surface area contributed by atoms with E-state index in [0.29, 0.717) is 24.5 Å². The van der Waals surface area contributed by atoms with E-state index < -0.39 is 0 Å². The van der Waals surface area contributed by atoms with E-state index >= 15 is 0 Å². The monoisotopic (exact) mass is 277 g/mol. The van der Waals surface area contributed by atoms with Crippen LogP contribution >= 0.6 is 0 Å². The van der Waals surface area contributed by atoms with Crippen LogP contribution in [-0.2, 0) is 7.05 Å². The first-order valence-electron chi connectivity index (χ1n) is 6.19. The summed E-state index contributed by atoms with van der Waals surface area (Å²) in [5.74, 6) is 0.163. The quantitative estimate of drug-likeness (QED) is 0.836. The van der Waals surface area contributed by atoms with E-state index in [2.05, 4.69) is 5.10 Å². The molecule has 0 spiro atoms. The zero-order valence-electron chi connectivity index (χ0n) is 11.4. The van der Waals surface area contributed by atoms with Crippen molar-refractivity contribution in [1.29, 1.82) is 0 Å². The lowest BCUT2D eigenvalue weighted by atomic mass is 10.3. The van der Waals surface area contributed by atoms with Crippen molar-refractivity contribution in [3.05, 3.63) is 48.0 Å². The van der Waals surface area contributed by atoms with Gasteiger partial charge < -0.3 is 9.64 Å². The number of aryl methyl sites for hydroxylation is 1. The van der Waals surface area contributed by atoms with Crippen LogP contribution in [0.25, 0.3) is 0 Å². The first-order chi connectivity index (χ1) is 9.56. The molecule has 0 saturated carbocycles. The van der Waals surface area contributed by atoms with Crippen LogP contribution in [0, 0.1) is 5.82 Å². The largest absolute Gasteiger partial charge is 0.492 e. The fraction of sp³-hybridized carbons (Fsp3) is 0.286. The minimum absolute atomic E-state index is 0.110. The second kappa shape index (κ2) is 6.18. The van der Waals surface area contributed by atoms with Gasteiger partial charge in [0.1, 0.15) is 18.2 Å². The summed E-state index contributed by atoms with van der Waals surface area (Å²) in [5.41, 5.74) is 0.539. The van der Waals surface area contributed by atoms with E-state index in [-0.39, 0.29) is 11.7 Å². The predicted octanol–water partition coefficient (Wildman–Crippen LogP) is 1.71. The highest BCUT2D eigenvalue weighted by molar-refractivity contribution is 5.93. The molecule has 2 rings (SSSR count). The van der Waals surface area contributed by atoms with Gasteiger partial charge in [0, 0.05) is 20.3 Å². The first kappa shape index (κ1) is 14.0. The van der Waals surface area contributed by atoms with Gasteiger partial charge >= 0.3 is 0 Å². The normalized spacial score (nSPS) is 10.3. The van der Waals surface area contributed by atoms with Crippen LogP contribution in [0.1, 0.15) is 10.4 Å². The Morgan fingerprint density at radius 1 is 1.40 bits per heavy atom. The number of nitrogens with zero attached hydrogens (tertiary/aromatic N) is 3. The molecule has 1 heterocycles. The highest BCUT2D eigenvalue weighted by Crippen LogP contribution is 2.11. The second-order valence-corrected chi connectivity index (χ2v) is 4.43. The predicted molar refractivity (Wildman–Crippen MR) is 72.1 cm³/mol.